The molecule has 0 aliphatic heterocycles. The number of aliphatic hydroxyl groups excluding tert-OH is 1. The Bertz CT molecular complexity index is 569. The number of hydrogen-bond acceptors (Lipinski definition) is 3. The van der Waals surface area contributed by atoms with Crippen LogP contribution >= 0.6 is 11.6 Å². The molecule has 19 heavy (non-hydrogen) atoms. The fourth-order valence-corrected chi connectivity index (χ4v) is 4.04. The van der Waals surface area contributed by atoms with Gasteiger partial charge in [0.2, 0.25) is 10.0 Å². The highest BCUT2D eigenvalue weighted by Gasteiger charge is 2.36. The minimum Gasteiger partial charge on any atom is -0.392 e. The van der Waals surface area contributed by atoms with Gasteiger partial charge in [0.1, 0.15) is 4.90 Å². The molecule has 1 aromatic carbocycles. The average molecular weight is 304 g/mol. The number of sulfonamides is 1. The maximum Gasteiger partial charge on any atom is 0.244 e. The lowest BCUT2D eigenvalue weighted by molar-refractivity contribution is 0.281. The lowest BCUT2D eigenvalue weighted by atomic mass is 10.2. The van der Waals surface area contributed by atoms with Crippen molar-refractivity contribution in [2.75, 3.05) is 7.05 Å². The number of rotatable bonds is 5. The first-order valence-electron chi connectivity index (χ1n) is 6.25. The van der Waals surface area contributed by atoms with Crippen LogP contribution in [0.25, 0.3) is 0 Å². The first-order chi connectivity index (χ1) is 8.87. The molecule has 2 rings (SSSR count). The van der Waals surface area contributed by atoms with Gasteiger partial charge in [-0.25, -0.2) is 8.42 Å². The van der Waals surface area contributed by atoms with E-state index in [9.17, 15) is 8.42 Å². The van der Waals surface area contributed by atoms with Gasteiger partial charge in [-0.3, -0.25) is 0 Å². The van der Waals surface area contributed by atoms with E-state index in [1.807, 2.05) is 6.92 Å². The van der Waals surface area contributed by atoms with Crippen molar-refractivity contribution < 1.29 is 13.5 Å². The number of nitrogens with zero attached hydrogens (tertiary/aromatic N) is 1. The van der Waals surface area contributed by atoms with Crippen molar-refractivity contribution in [2.24, 2.45) is 5.92 Å². The van der Waals surface area contributed by atoms with Crippen molar-refractivity contribution in [3.8, 4) is 0 Å². The minimum atomic E-state index is -3.62. The van der Waals surface area contributed by atoms with Crippen LogP contribution in [0, 0.1) is 5.92 Å². The van der Waals surface area contributed by atoms with Crippen LogP contribution in [-0.2, 0) is 16.6 Å². The summed E-state index contributed by atoms with van der Waals surface area (Å²) in [6.07, 6.45) is 2.15. The zero-order valence-electron chi connectivity index (χ0n) is 11.0. The van der Waals surface area contributed by atoms with Gasteiger partial charge in [0.15, 0.2) is 0 Å². The number of benzene rings is 1. The summed E-state index contributed by atoms with van der Waals surface area (Å²) in [6.45, 7) is 1.71. The molecule has 1 N–H and O–H groups in total. The Morgan fingerprint density at radius 3 is 2.63 bits per heavy atom. The predicted molar refractivity (Wildman–Crippen MR) is 74.5 cm³/mol. The molecule has 0 aromatic heterocycles. The van der Waals surface area contributed by atoms with E-state index in [-0.39, 0.29) is 22.6 Å². The summed E-state index contributed by atoms with van der Waals surface area (Å²) in [7, 11) is -2.03. The standard InChI is InChI=1S/C13H18ClNO3S/c1-9(11-4-5-11)15(2)19(17,18)13-7-10(8-16)3-6-12(13)14/h3,6-7,9,11,16H,4-5,8H2,1-2H3. The van der Waals surface area contributed by atoms with Gasteiger partial charge in [0, 0.05) is 13.1 Å². The third-order valence-corrected chi connectivity index (χ3v) is 6.14. The SMILES string of the molecule is CC(C1CC1)N(C)S(=O)(=O)c1cc(CO)ccc1Cl. The lowest BCUT2D eigenvalue weighted by Gasteiger charge is -2.24. The Morgan fingerprint density at radius 2 is 2.11 bits per heavy atom. The third kappa shape index (κ3) is 2.94. The van der Waals surface area contributed by atoms with E-state index in [4.69, 9.17) is 16.7 Å². The maximum absolute atomic E-state index is 12.6. The second-order valence-corrected chi connectivity index (χ2v) is 7.40. The average Bonchev–Trinajstić information content (AvgIpc) is 3.21. The highest BCUT2D eigenvalue weighted by molar-refractivity contribution is 7.89. The zero-order valence-corrected chi connectivity index (χ0v) is 12.6. The highest BCUT2D eigenvalue weighted by Crippen LogP contribution is 2.37. The number of aliphatic hydroxyl groups is 1. The van der Waals surface area contributed by atoms with Gasteiger partial charge < -0.3 is 5.11 Å². The van der Waals surface area contributed by atoms with Crippen molar-refractivity contribution in [1.82, 2.24) is 4.31 Å². The topological polar surface area (TPSA) is 57.6 Å². The smallest absolute Gasteiger partial charge is 0.244 e. The van der Waals surface area contributed by atoms with Crippen molar-refractivity contribution in [3.05, 3.63) is 28.8 Å². The van der Waals surface area contributed by atoms with Gasteiger partial charge in [-0.05, 0) is 43.4 Å². The Hall–Kier alpha value is -0.620. The van der Waals surface area contributed by atoms with Gasteiger partial charge in [-0.2, -0.15) is 4.31 Å². The third-order valence-electron chi connectivity index (χ3n) is 3.71. The van der Waals surface area contributed by atoms with Crippen LogP contribution in [0.5, 0.6) is 0 Å². The second-order valence-electron chi connectivity index (χ2n) is 5.02. The molecule has 1 aliphatic carbocycles. The molecule has 0 bridgehead atoms. The molecular formula is C13H18ClNO3S. The van der Waals surface area contributed by atoms with E-state index in [0.29, 0.717) is 11.5 Å². The van der Waals surface area contributed by atoms with E-state index >= 15 is 0 Å². The van der Waals surface area contributed by atoms with Crippen LogP contribution in [0.15, 0.2) is 23.1 Å². The van der Waals surface area contributed by atoms with E-state index in [0.717, 1.165) is 12.8 Å². The molecule has 1 aromatic rings. The molecule has 6 heteroatoms. The molecular weight excluding hydrogens is 286 g/mol. The Kier molecular flexibility index (Phi) is 4.20. The van der Waals surface area contributed by atoms with Crippen LogP contribution < -0.4 is 0 Å². The van der Waals surface area contributed by atoms with E-state index in [2.05, 4.69) is 0 Å². The van der Waals surface area contributed by atoms with Crippen molar-refractivity contribution in [1.29, 1.82) is 0 Å². The molecule has 0 heterocycles. The summed E-state index contributed by atoms with van der Waals surface area (Å²) in [5, 5.41) is 9.30. The van der Waals surface area contributed by atoms with Crippen LogP contribution in [0.3, 0.4) is 0 Å². The van der Waals surface area contributed by atoms with E-state index in [1.54, 1.807) is 13.1 Å². The molecule has 1 saturated carbocycles. The molecule has 0 spiro atoms. The summed E-state index contributed by atoms with van der Waals surface area (Å²) in [5.41, 5.74) is 0.537. The van der Waals surface area contributed by atoms with Crippen molar-refractivity contribution >= 4 is 21.6 Å². The molecule has 1 aliphatic rings. The number of hydrogen-bond donors (Lipinski definition) is 1. The quantitative estimate of drug-likeness (QED) is 0.907. The summed E-state index contributed by atoms with van der Waals surface area (Å²) in [5.74, 6) is 0.444. The normalized spacial score (nSPS) is 17.7. The monoisotopic (exact) mass is 303 g/mol. The second kappa shape index (κ2) is 5.40. The minimum absolute atomic E-state index is 0.0288. The largest absolute Gasteiger partial charge is 0.392 e. The van der Waals surface area contributed by atoms with Gasteiger partial charge in [-0.1, -0.05) is 17.7 Å². The molecule has 1 fully saturated rings. The summed E-state index contributed by atoms with van der Waals surface area (Å²) in [6, 6.07) is 4.54. The highest BCUT2D eigenvalue weighted by atomic mass is 35.5. The number of halogens is 1. The fraction of sp³-hybridized carbons (Fsp3) is 0.538. The van der Waals surface area contributed by atoms with Gasteiger partial charge in [0.25, 0.3) is 0 Å². The summed E-state index contributed by atoms with van der Waals surface area (Å²) in [4.78, 5) is 0.0655. The Labute approximate surface area is 119 Å². The summed E-state index contributed by atoms with van der Waals surface area (Å²) < 4.78 is 26.5. The van der Waals surface area contributed by atoms with Gasteiger partial charge in [-0.15, -0.1) is 0 Å². The molecule has 1 atom stereocenters. The Balaban J connectivity index is 2.37. The van der Waals surface area contributed by atoms with E-state index in [1.165, 1.54) is 16.4 Å². The molecule has 1 unspecified atom stereocenters. The maximum atomic E-state index is 12.6. The van der Waals surface area contributed by atoms with Gasteiger partial charge in [0.05, 0.1) is 11.6 Å². The molecule has 106 valence electrons. The van der Waals surface area contributed by atoms with Gasteiger partial charge >= 0.3 is 0 Å². The zero-order chi connectivity index (χ0) is 14.2. The predicted octanol–water partition coefficient (Wildman–Crippen LogP) is 2.25. The lowest BCUT2D eigenvalue weighted by Crippen LogP contribution is -2.36. The first kappa shape index (κ1) is 14.8. The molecule has 0 amide bonds. The molecule has 0 saturated heterocycles. The van der Waals surface area contributed by atoms with Crippen LogP contribution in [0.1, 0.15) is 25.3 Å². The van der Waals surface area contributed by atoms with Crippen LogP contribution in [0.2, 0.25) is 5.02 Å². The first-order valence-corrected chi connectivity index (χ1v) is 8.07. The van der Waals surface area contributed by atoms with Crippen molar-refractivity contribution in [2.45, 2.75) is 37.3 Å². The molecule has 4 nitrogen and oxygen atoms in total. The fourth-order valence-electron chi connectivity index (χ4n) is 2.09. The van der Waals surface area contributed by atoms with Crippen LogP contribution in [-0.4, -0.2) is 30.9 Å². The summed E-state index contributed by atoms with van der Waals surface area (Å²) >= 11 is 5.99. The Morgan fingerprint density at radius 1 is 1.47 bits per heavy atom. The van der Waals surface area contributed by atoms with Crippen molar-refractivity contribution in [3.63, 3.8) is 0 Å². The van der Waals surface area contributed by atoms with E-state index < -0.39 is 10.0 Å². The van der Waals surface area contributed by atoms with Crippen LogP contribution in [0.4, 0.5) is 0 Å². The molecule has 0 radical (unpaired) electrons.